The van der Waals surface area contributed by atoms with Gasteiger partial charge in [-0.15, -0.1) is 15.0 Å². The number of nitrogens with one attached hydrogen (secondary N) is 3. The number of hydrogen-bond donors (Lipinski definition) is 3. The lowest BCUT2D eigenvalue weighted by molar-refractivity contribution is -0.158. The van der Waals surface area contributed by atoms with Gasteiger partial charge in [0, 0.05) is 19.6 Å². The molecule has 3 aromatic carbocycles. The molecule has 3 N–H and O–H groups in total. The lowest BCUT2D eigenvalue weighted by Gasteiger charge is -2.22. The summed E-state index contributed by atoms with van der Waals surface area (Å²) in [5.41, 5.74) is 1.02. The number of aromatic nitrogens is 3. The first-order chi connectivity index (χ1) is 28.0. The van der Waals surface area contributed by atoms with Crippen molar-refractivity contribution in [2.24, 2.45) is 0 Å². The van der Waals surface area contributed by atoms with Gasteiger partial charge < -0.3 is 44.4 Å². The van der Waals surface area contributed by atoms with E-state index in [-0.39, 0.29) is 35.9 Å². The molecular formula is C45H60N6O9. The Morgan fingerprint density at radius 1 is 0.433 bits per heavy atom. The third kappa shape index (κ3) is 16.9. The number of rotatable bonds is 18. The highest BCUT2D eigenvalue weighted by atomic mass is 16.6. The average molecular weight is 829 g/mol. The second-order valence-electron chi connectivity index (χ2n) is 17.3. The molecule has 60 heavy (non-hydrogen) atoms. The van der Waals surface area contributed by atoms with E-state index in [4.69, 9.17) is 28.4 Å². The molecule has 0 radical (unpaired) electrons. The number of hydrogen-bond acceptors (Lipinski definition) is 15. The largest absolute Gasteiger partial charge is 0.459 e. The van der Waals surface area contributed by atoms with E-state index in [0.29, 0.717) is 36.9 Å². The zero-order valence-electron chi connectivity index (χ0n) is 36.8. The van der Waals surface area contributed by atoms with Gasteiger partial charge in [-0.05, 0) is 136 Å². The molecule has 0 aliphatic heterocycles. The van der Waals surface area contributed by atoms with Crippen LogP contribution in [-0.4, -0.2) is 67.8 Å². The number of nitrogens with zero attached hydrogens (tertiary/aromatic N) is 3. The van der Waals surface area contributed by atoms with E-state index in [2.05, 4.69) is 30.9 Å². The fourth-order valence-electron chi connectivity index (χ4n) is 5.03. The van der Waals surface area contributed by atoms with Crippen LogP contribution in [-0.2, 0) is 48.2 Å². The van der Waals surface area contributed by atoms with Crippen molar-refractivity contribution < 1.29 is 42.8 Å². The molecule has 15 nitrogen and oxygen atoms in total. The molecule has 0 saturated heterocycles. The Morgan fingerprint density at radius 3 is 0.850 bits per heavy atom. The number of esters is 3. The van der Waals surface area contributed by atoms with Gasteiger partial charge in [-0.25, -0.2) is 0 Å². The molecule has 4 aromatic rings. The van der Waals surface area contributed by atoms with Crippen molar-refractivity contribution in [3.8, 4) is 35.3 Å². The van der Waals surface area contributed by atoms with Crippen molar-refractivity contribution in [1.82, 2.24) is 30.9 Å². The van der Waals surface area contributed by atoms with E-state index >= 15 is 0 Å². The van der Waals surface area contributed by atoms with Gasteiger partial charge in [0.25, 0.3) is 0 Å². The van der Waals surface area contributed by atoms with E-state index in [1.807, 2.05) is 98.7 Å². The van der Waals surface area contributed by atoms with Crippen LogP contribution in [0.5, 0.6) is 35.3 Å². The van der Waals surface area contributed by atoms with Crippen LogP contribution in [0, 0.1) is 0 Å². The highest BCUT2D eigenvalue weighted by Gasteiger charge is 2.24. The fraction of sp³-hybridized carbons (Fsp3) is 0.467. The molecule has 0 saturated carbocycles. The van der Waals surface area contributed by atoms with Crippen LogP contribution in [0.2, 0.25) is 0 Å². The molecule has 324 valence electrons. The zero-order valence-corrected chi connectivity index (χ0v) is 36.8. The van der Waals surface area contributed by atoms with Crippen LogP contribution < -0.4 is 30.2 Å². The second kappa shape index (κ2) is 20.6. The average Bonchev–Trinajstić information content (AvgIpc) is 3.14. The van der Waals surface area contributed by atoms with E-state index in [0.717, 1.165) is 16.7 Å². The Bertz CT molecular complexity index is 1780. The minimum atomic E-state index is -0.573. The highest BCUT2D eigenvalue weighted by Crippen LogP contribution is 2.28. The van der Waals surface area contributed by atoms with Crippen molar-refractivity contribution >= 4 is 17.9 Å². The number of ether oxygens (including phenoxy) is 6. The monoisotopic (exact) mass is 828 g/mol. The summed E-state index contributed by atoms with van der Waals surface area (Å²) in [6.45, 7) is 23.0. The Hall–Kier alpha value is -5.64. The predicted molar refractivity (Wildman–Crippen MR) is 226 cm³/mol. The minimum Gasteiger partial charge on any atom is -0.459 e. The maximum Gasteiger partial charge on any atom is 0.331 e. The third-order valence-electron chi connectivity index (χ3n) is 8.09. The Balaban J connectivity index is 1.46. The fourth-order valence-corrected chi connectivity index (χ4v) is 5.03. The molecule has 4 rings (SSSR count). The van der Waals surface area contributed by atoms with Crippen molar-refractivity contribution in [2.45, 2.75) is 138 Å². The molecule has 15 heteroatoms. The van der Waals surface area contributed by atoms with Crippen molar-refractivity contribution in [2.75, 3.05) is 0 Å². The summed E-state index contributed by atoms with van der Waals surface area (Å²) < 4.78 is 34.5. The van der Waals surface area contributed by atoms with Crippen LogP contribution in [0.25, 0.3) is 0 Å². The molecule has 3 atom stereocenters. The molecule has 0 spiro atoms. The maximum atomic E-state index is 12.4. The molecule has 0 amide bonds. The molecule has 0 aliphatic rings. The Morgan fingerprint density at radius 2 is 0.650 bits per heavy atom. The maximum absolute atomic E-state index is 12.4. The molecular weight excluding hydrogens is 769 g/mol. The predicted octanol–water partition coefficient (Wildman–Crippen LogP) is 7.71. The first-order valence-corrected chi connectivity index (χ1v) is 20.0. The lowest BCUT2D eigenvalue weighted by Crippen LogP contribution is -2.38. The molecule has 0 bridgehead atoms. The summed E-state index contributed by atoms with van der Waals surface area (Å²) in [6.07, 6.45) is 0. The van der Waals surface area contributed by atoms with Gasteiger partial charge in [-0.1, -0.05) is 36.4 Å². The second-order valence-corrected chi connectivity index (χ2v) is 17.3. The van der Waals surface area contributed by atoms with Gasteiger partial charge in [0.2, 0.25) is 0 Å². The number of carbonyl (C=O) groups excluding carboxylic acids is 3. The zero-order chi connectivity index (χ0) is 44.3. The summed E-state index contributed by atoms with van der Waals surface area (Å²) in [5, 5.41) is 9.54. The van der Waals surface area contributed by atoms with Crippen molar-refractivity contribution in [1.29, 1.82) is 0 Å². The Kier molecular flexibility index (Phi) is 16.1. The van der Waals surface area contributed by atoms with Crippen molar-refractivity contribution in [3.05, 3.63) is 89.5 Å². The van der Waals surface area contributed by atoms with Crippen LogP contribution in [0.3, 0.4) is 0 Å². The molecule has 1 aromatic heterocycles. The van der Waals surface area contributed by atoms with Crippen LogP contribution in [0.1, 0.15) is 99.8 Å². The quantitative estimate of drug-likeness (QED) is 0.0655. The SMILES string of the molecule is CC(NCc1ccc(Oc2nc(Oc3ccc(CNC(C)C(=O)OC(C)(C)C)cc3)nc(Oc3ccc(CNC(C)C(=O)OC(C)(C)C)cc3)n2)cc1)C(=O)OC(C)(C)C. The van der Waals surface area contributed by atoms with Gasteiger partial charge in [0.15, 0.2) is 0 Å². The summed E-state index contributed by atoms with van der Waals surface area (Å²) >= 11 is 0. The van der Waals surface area contributed by atoms with Gasteiger partial charge in [0.05, 0.1) is 0 Å². The van der Waals surface area contributed by atoms with Crippen LogP contribution in [0.4, 0.5) is 0 Å². The summed E-state index contributed by atoms with van der Waals surface area (Å²) in [7, 11) is 0. The number of benzene rings is 3. The minimum absolute atomic E-state index is 0.0756. The third-order valence-corrected chi connectivity index (χ3v) is 8.09. The summed E-state index contributed by atoms with van der Waals surface area (Å²) in [5.74, 6) is 0.336. The van der Waals surface area contributed by atoms with E-state index in [1.165, 1.54) is 0 Å². The molecule has 0 fully saturated rings. The lowest BCUT2D eigenvalue weighted by atomic mass is 10.2. The standard InChI is InChI=1S/C45H60N6O9/c1-28(37(52)58-43(4,5)6)46-25-31-13-19-34(20-14-31)55-40-49-41(56-35-21-15-32(16-22-35)26-47-29(2)38(53)59-44(7,8)9)51-42(50-40)57-36-23-17-33(18-24-36)27-48-30(3)39(54)60-45(10,11)12/h13-24,28-30,46-48H,25-27H2,1-12H3. The summed E-state index contributed by atoms with van der Waals surface area (Å²) in [6, 6.07) is 20.0. The summed E-state index contributed by atoms with van der Waals surface area (Å²) in [4.78, 5) is 50.3. The normalized spacial score (nSPS) is 13.4. The van der Waals surface area contributed by atoms with E-state index in [1.54, 1.807) is 57.2 Å². The van der Waals surface area contributed by atoms with Crippen LogP contribution >= 0.6 is 0 Å². The number of carbonyl (C=O) groups is 3. The first kappa shape index (κ1) is 47.0. The topological polar surface area (TPSA) is 181 Å². The molecule has 0 aliphatic carbocycles. The smallest absolute Gasteiger partial charge is 0.331 e. The highest BCUT2D eigenvalue weighted by molar-refractivity contribution is 5.76. The molecule has 1 heterocycles. The van der Waals surface area contributed by atoms with E-state index in [9.17, 15) is 14.4 Å². The van der Waals surface area contributed by atoms with Gasteiger partial charge in [-0.2, -0.15) is 0 Å². The van der Waals surface area contributed by atoms with E-state index < -0.39 is 34.9 Å². The van der Waals surface area contributed by atoms with Crippen LogP contribution in [0.15, 0.2) is 72.8 Å². The first-order valence-electron chi connectivity index (χ1n) is 20.0. The van der Waals surface area contributed by atoms with Gasteiger partial charge in [0.1, 0.15) is 52.2 Å². The Labute approximate surface area is 353 Å². The molecule has 3 unspecified atom stereocenters. The van der Waals surface area contributed by atoms with Crippen molar-refractivity contribution in [3.63, 3.8) is 0 Å². The van der Waals surface area contributed by atoms with Gasteiger partial charge >= 0.3 is 35.9 Å². The van der Waals surface area contributed by atoms with Gasteiger partial charge in [-0.3, -0.25) is 14.4 Å².